The van der Waals surface area contributed by atoms with Crippen LogP contribution in [0.1, 0.15) is 5.56 Å². The minimum Gasteiger partial charge on any atom is -0.320 e. The average Bonchev–Trinajstić information content (AvgIpc) is 3.16. The van der Waals surface area contributed by atoms with Crippen molar-refractivity contribution in [2.75, 3.05) is 0 Å². The number of benzene rings is 2. The number of rotatable bonds is 4. The van der Waals surface area contributed by atoms with E-state index in [4.69, 9.17) is 28.2 Å². The predicted octanol–water partition coefficient (Wildman–Crippen LogP) is 5.52. The molecule has 5 nitrogen and oxygen atoms in total. The SMILES string of the molecule is C=CCn1c(-c2ccc(/C=C3/SC(=O)NC3=O)cc2)nc2cc(Cl)c(Cl)cc21. The summed E-state index contributed by atoms with van der Waals surface area (Å²) >= 11 is 13.2. The molecule has 0 spiro atoms. The fourth-order valence-electron chi connectivity index (χ4n) is 2.96. The molecule has 1 N–H and O–H groups in total. The van der Waals surface area contributed by atoms with E-state index >= 15 is 0 Å². The van der Waals surface area contributed by atoms with E-state index in [1.165, 1.54) is 0 Å². The molecule has 2 heterocycles. The van der Waals surface area contributed by atoms with Crippen LogP contribution in [-0.2, 0) is 11.3 Å². The number of halogens is 2. The van der Waals surface area contributed by atoms with Crippen LogP contribution in [0.15, 0.2) is 54.0 Å². The summed E-state index contributed by atoms with van der Waals surface area (Å²) < 4.78 is 2.01. The maximum Gasteiger partial charge on any atom is 0.290 e. The van der Waals surface area contributed by atoms with Gasteiger partial charge in [0.1, 0.15) is 5.82 Å². The standard InChI is InChI=1S/C20H13Cl2N3O2S/c1-2-7-25-16-10-14(22)13(21)9-15(16)23-18(25)12-5-3-11(4-6-12)8-17-19(26)24-20(27)28-17/h2-6,8-10H,1,7H2,(H,24,26,27)/b17-8+. The summed E-state index contributed by atoms with van der Waals surface area (Å²) in [4.78, 5) is 28.0. The van der Waals surface area contributed by atoms with E-state index in [2.05, 4.69) is 11.9 Å². The number of aromatic nitrogens is 2. The number of thioether (sulfide) groups is 1. The van der Waals surface area contributed by atoms with Gasteiger partial charge in [0.05, 0.1) is 26.0 Å². The van der Waals surface area contributed by atoms with Crippen LogP contribution in [0.25, 0.3) is 28.5 Å². The van der Waals surface area contributed by atoms with E-state index in [0.717, 1.165) is 39.7 Å². The second-order valence-electron chi connectivity index (χ2n) is 6.06. The van der Waals surface area contributed by atoms with Gasteiger partial charge in [0, 0.05) is 12.1 Å². The molecule has 8 heteroatoms. The van der Waals surface area contributed by atoms with Crippen molar-refractivity contribution in [3.63, 3.8) is 0 Å². The van der Waals surface area contributed by atoms with Crippen molar-refractivity contribution >= 4 is 63.2 Å². The Morgan fingerprint density at radius 3 is 2.50 bits per heavy atom. The molecule has 1 saturated heterocycles. The molecular formula is C20H13Cl2N3O2S. The molecule has 2 aromatic carbocycles. The van der Waals surface area contributed by atoms with Crippen LogP contribution < -0.4 is 5.32 Å². The summed E-state index contributed by atoms with van der Waals surface area (Å²) in [6, 6.07) is 11.1. The molecule has 2 amide bonds. The van der Waals surface area contributed by atoms with Crippen molar-refractivity contribution in [3.05, 3.63) is 69.6 Å². The molecule has 1 aromatic heterocycles. The number of nitrogens with one attached hydrogen (secondary N) is 1. The first-order valence-electron chi connectivity index (χ1n) is 8.28. The quantitative estimate of drug-likeness (QED) is 0.437. The first-order chi connectivity index (χ1) is 13.5. The van der Waals surface area contributed by atoms with Gasteiger partial charge >= 0.3 is 0 Å². The van der Waals surface area contributed by atoms with Crippen molar-refractivity contribution in [2.24, 2.45) is 0 Å². The average molecular weight is 430 g/mol. The molecule has 4 rings (SSSR count). The Hall–Kier alpha value is -2.54. The van der Waals surface area contributed by atoms with Gasteiger partial charge in [0.25, 0.3) is 11.1 Å². The predicted molar refractivity (Wildman–Crippen MR) is 114 cm³/mol. The molecule has 140 valence electrons. The highest BCUT2D eigenvalue weighted by atomic mass is 35.5. The largest absolute Gasteiger partial charge is 0.320 e. The van der Waals surface area contributed by atoms with Crippen molar-refractivity contribution in [1.82, 2.24) is 14.9 Å². The van der Waals surface area contributed by atoms with Gasteiger partial charge in [-0.25, -0.2) is 4.98 Å². The number of imidazole rings is 1. The van der Waals surface area contributed by atoms with Gasteiger partial charge in [-0.15, -0.1) is 6.58 Å². The minimum absolute atomic E-state index is 0.358. The smallest absolute Gasteiger partial charge is 0.290 e. The lowest BCUT2D eigenvalue weighted by Gasteiger charge is -2.07. The van der Waals surface area contributed by atoms with Crippen molar-refractivity contribution in [2.45, 2.75) is 6.54 Å². The van der Waals surface area contributed by atoms with Gasteiger partial charge in [-0.1, -0.05) is 53.5 Å². The van der Waals surface area contributed by atoms with Gasteiger partial charge in [-0.3, -0.25) is 14.9 Å². The first kappa shape index (κ1) is 18.8. The number of amides is 2. The van der Waals surface area contributed by atoms with Crippen LogP contribution in [0.2, 0.25) is 10.0 Å². The zero-order valence-corrected chi connectivity index (χ0v) is 16.7. The summed E-state index contributed by atoms with van der Waals surface area (Å²) in [5.41, 5.74) is 3.32. The Morgan fingerprint density at radius 2 is 1.86 bits per heavy atom. The van der Waals surface area contributed by atoms with Crippen LogP contribution in [0.5, 0.6) is 0 Å². The fraction of sp³-hybridized carbons (Fsp3) is 0.0500. The maximum atomic E-state index is 11.7. The third-order valence-electron chi connectivity index (χ3n) is 4.21. The molecule has 0 unspecified atom stereocenters. The molecule has 0 atom stereocenters. The van der Waals surface area contributed by atoms with Crippen molar-refractivity contribution in [1.29, 1.82) is 0 Å². The topological polar surface area (TPSA) is 64.0 Å². The summed E-state index contributed by atoms with van der Waals surface area (Å²) in [5, 5.41) is 2.80. The Balaban J connectivity index is 1.75. The molecule has 0 radical (unpaired) electrons. The highest BCUT2D eigenvalue weighted by molar-refractivity contribution is 8.18. The van der Waals surface area contributed by atoms with Crippen molar-refractivity contribution < 1.29 is 9.59 Å². The van der Waals surface area contributed by atoms with Crippen LogP contribution in [0.4, 0.5) is 4.79 Å². The van der Waals surface area contributed by atoms with Crippen molar-refractivity contribution in [3.8, 4) is 11.4 Å². The number of hydrogen-bond acceptors (Lipinski definition) is 4. The van der Waals surface area contributed by atoms with Crippen LogP contribution in [0.3, 0.4) is 0 Å². The van der Waals surface area contributed by atoms with E-state index in [0.29, 0.717) is 21.5 Å². The Labute approximate surface area is 175 Å². The second kappa shape index (κ2) is 7.47. The van der Waals surface area contributed by atoms with Crippen LogP contribution in [0, 0.1) is 0 Å². The normalized spacial score (nSPS) is 15.4. The molecule has 1 aliphatic rings. The van der Waals surface area contributed by atoms with E-state index in [-0.39, 0.29) is 11.1 Å². The summed E-state index contributed by atoms with van der Waals surface area (Å²) in [6.45, 7) is 4.38. The lowest BCUT2D eigenvalue weighted by Crippen LogP contribution is -2.17. The number of hydrogen-bond donors (Lipinski definition) is 1. The van der Waals surface area contributed by atoms with E-state index in [1.807, 2.05) is 28.8 Å². The molecule has 0 bridgehead atoms. The number of allylic oxidation sites excluding steroid dienone is 1. The lowest BCUT2D eigenvalue weighted by molar-refractivity contribution is -0.115. The third-order valence-corrected chi connectivity index (χ3v) is 5.74. The van der Waals surface area contributed by atoms with Gasteiger partial charge in [-0.05, 0) is 35.5 Å². The second-order valence-corrected chi connectivity index (χ2v) is 7.89. The van der Waals surface area contributed by atoms with Gasteiger partial charge in [-0.2, -0.15) is 0 Å². The number of fused-ring (bicyclic) bond motifs is 1. The highest BCUT2D eigenvalue weighted by Crippen LogP contribution is 2.32. The Morgan fingerprint density at radius 1 is 1.14 bits per heavy atom. The molecule has 0 aliphatic carbocycles. The van der Waals surface area contributed by atoms with E-state index in [1.54, 1.807) is 24.3 Å². The summed E-state index contributed by atoms with van der Waals surface area (Å²) in [6.07, 6.45) is 3.47. The van der Waals surface area contributed by atoms with E-state index < -0.39 is 0 Å². The zero-order chi connectivity index (χ0) is 19.8. The summed E-state index contributed by atoms with van der Waals surface area (Å²) in [5.74, 6) is 0.385. The number of nitrogens with zero attached hydrogens (tertiary/aromatic N) is 2. The molecule has 1 fully saturated rings. The monoisotopic (exact) mass is 429 g/mol. The minimum atomic E-state index is -0.374. The van der Waals surface area contributed by atoms with Crippen LogP contribution >= 0.6 is 35.0 Å². The van der Waals surface area contributed by atoms with Crippen LogP contribution in [-0.4, -0.2) is 20.7 Å². The van der Waals surface area contributed by atoms with E-state index in [9.17, 15) is 9.59 Å². The highest BCUT2D eigenvalue weighted by Gasteiger charge is 2.24. The Kier molecular flexibility index (Phi) is 5.02. The summed E-state index contributed by atoms with van der Waals surface area (Å²) in [7, 11) is 0. The number of carbonyl (C=O) groups is 2. The maximum absolute atomic E-state index is 11.7. The lowest BCUT2D eigenvalue weighted by atomic mass is 10.1. The first-order valence-corrected chi connectivity index (χ1v) is 9.85. The molecule has 1 aliphatic heterocycles. The molecule has 28 heavy (non-hydrogen) atoms. The number of imide groups is 1. The Bertz CT molecular complexity index is 1170. The van der Waals surface area contributed by atoms with Gasteiger partial charge in [0.2, 0.25) is 0 Å². The van der Waals surface area contributed by atoms with Gasteiger partial charge in [0.15, 0.2) is 0 Å². The molecule has 3 aromatic rings. The zero-order valence-electron chi connectivity index (χ0n) is 14.4. The number of carbonyl (C=O) groups excluding carboxylic acids is 2. The fourth-order valence-corrected chi connectivity index (χ4v) is 3.95. The molecular weight excluding hydrogens is 417 g/mol. The molecule has 0 saturated carbocycles. The third kappa shape index (κ3) is 3.46. The van der Waals surface area contributed by atoms with Gasteiger partial charge < -0.3 is 4.57 Å².